The molecule has 1 aromatic heterocycles. The van der Waals surface area contributed by atoms with Crippen LogP contribution in [0, 0.1) is 6.92 Å². The molecule has 0 aliphatic carbocycles. The number of aryl methyl sites for hydroxylation is 1. The van der Waals surface area contributed by atoms with Crippen molar-refractivity contribution in [3.63, 3.8) is 0 Å². The minimum atomic E-state index is -0.814. The second-order valence-corrected chi connectivity index (χ2v) is 6.34. The molecule has 31 heavy (non-hydrogen) atoms. The summed E-state index contributed by atoms with van der Waals surface area (Å²) >= 11 is 0. The van der Waals surface area contributed by atoms with E-state index in [-0.39, 0.29) is 18.8 Å². The van der Waals surface area contributed by atoms with Crippen LogP contribution in [0.3, 0.4) is 0 Å². The van der Waals surface area contributed by atoms with Gasteiger partial charge in [-0.3, -0.25) is 19.4 Å². The molecule has 2 rings (SSSR count). The second kappa shape index (κ2) is 17.3. The Labute approximate surface area is 183 Å². The van der Waals surface area contributed by atoms with Gasteiger partial charge in [0.2, 0.25) is 11.8 Å². The summed E-state index contributed by atoms with van der Waals surface area (Å²) in [4.78, 5) is 52.2. The molecule has 3 amide bonds. The number of benzene rings is 1. The fourth-order valence-corrected chi connectivity index (χ4v) is 1.86. The molecule has 1 aromatic carbocycles. The first-order valence-electron chi connectivity index (χ1n) is 9.92. The van der Waals surface area contributed by atoms with Gasteiger partial charge in [0.25, 0.3) is 5.91 Å². The van der Waals surface area contributed by atoms with E-state index in [0.29, 0.717) is 6.29 Å². The molecular formula is C22H31N5O4. The molecule has 9 nitrogen and oxygen atoms in total. The summed E-state index contributed by atoms with van der Waals surface area (Å²) in [5.74, 6) is -1.58. The van der Waals surface area contributed by atoms with Crippen molar-refractivity contribution in [1.29, 1.82) is 0 Å². The molecule has 1 heterocycles. The lowest BCUT2D eigenvalue weighted by atomic mass is 10.2. The van der Waals surface area contributed by atoms with Crippen LogP contribution >= 0.6 is 0 Å². The van der Waals surface area contributed by atoms with E-state index in [1.807, 2.05) is 18.2 Å². The molecule has 168 valence electrons. The van der Waals surface area contributed by atoms with Gasteiger partial charge in [0, 0.05) is 12.4 Å². The van der Waals surface area contributed by atoms with Gasteiger partial charge >= 0.3 is 0 Å². The fraction of sp³-hybridized carbons (Fsp3) is 0.364. The van der Waals surface area contributed by atoms with Gasteiger partial charge in [-0.1, -0.05) is 56.2 Å². The van der Waals surface area contributed by atoms with E-state index in [4.69, 9.17) is 0 Å². The standard InChI is InChI=1S/C12H15N5O4.C7H8.C3H8/c1-8(11(20)15-4-5-18)17-10(19)7-16-12(21)9-6-13-2-3-14-9;1-7-5-3-2-4-6-7;1-3-2/h2-3,5-6,8H,4,7H2,1H3,(H,15,20)(H,16,21)(H,17,19);2-6H,1H3;3H2,1-2H3. The van der Waals surface area contributed by atoms with Gasteiger partial charge in [0.15, 0.2) is 0 Å². The van der Waals surface area contributed by atoms with Crippen LogP contribution in [0.25, 0.3) is 0 Å². The molecule has 0 saturated heterocycles. The lowest BCUT2D eigenvalue weighted by molar-refractivity contribution is -0.128. The summed E-state index contributed by atoms with van der Waals surface area (Å²) < 4.78 is 0. The Morgan fingerprint density at radius 1 is 1.06 bits per heavy atom. The highest BCUT2D eigenvalue weighted by Gasteiger charge is 2.15. The van der Waals surface area contributed by atoms with Gasteiger partial charge in [0.1, 0.15) is 18.0 Å². The van der Waals surface area contributed by atoms with Crippen LogP contribution in [0.1, 0.15) is 43.2 Å². The number of hydrogen-bond acceptors (Lipinski definition) is 6. The topological polar surface area (TPSA) is 130 Å². The van der Waals surface area contributed by atoms with Crippen LogP contribution in [0.2, 0.25) is 0 Å². The molecule has 0 bridgehead atoms. The number of hydrogen-bond donors (Lipinski definition) is 3. The highest BCUT2D eigenvalue weighted by molar-refractivity contribution is 5.95. The third kappa shape index (κ3) is 14.1. The minimum Gasteiger partial charge on any atom is -0.348 e. The zero-order valence-electron chi connectivity index (χ0n) is 18.4. The third-order valence-corrected chi connectivity index (χ3v) is 3.28. The molecule has 0 spiro atoms. The lowest BCUT2D eigenvalue weighted by Crippen LogP contribution is -2.48. The Hall–Kier alpha value is -3.62. The molecule has 2 aromatic rings. The third-order valence-electron chi connectivity index (χ3n) is 3.28. The average molecular weight is 430 g/mol. The van der Waals surface area contributed by atoms with Crippen molar-refractivity contribution in [1.82, 2.24) is 25.9 Å². The summed E-state index contributed by atoms with van der Waals surface area (Å²) in [7, 11) is 0. The first kappa shape index (κ1) is 27.4. The van der Waals surface area contributed by atoms with Gasteiger partial charge in [-0.05, 0) is 13.8 Å². The predicted molar refractivity (Wildman–Crippen MR) is 118 cm³/mol. The number of aldehydes is 1. The molecule has 1 unspecified atom stereocenters. The summed E-state index contributed by atoms with van der Waals surface area (Å²) in [5, 5.41) is 7.02. The van der Waals surface area contributed by atoms with Crippen LogP contribution in [-0.2, 0) is 14.4 Å². The maximum atomic E-state index is 11.6. The SMILES string of the molecule is CC(NC(=O)CNC(=O)c1cnccn1)C(=O)NCC=O.CCC.Cc1ccccc1. The van der Waals surface area contributed by atoms with Gasteiger partial charge in [-0.2, -0.15) is 0 Å². The van der Waals surface area contributed by atoms with Gasteiger partial charge in [-0.25, -0.2) is 4.98 Å². The van der Waals surface area contributed by atoms with Crippen molar-refractivity contribution in [2.45, 2.75) is 40.2 Å². The highest BCUT2D eigenvalue weighted by atomic mass is 16.2. The Morgan fingerprint density at radius 3 is 2.19 bits per heavy atom. The van der Waals surface area contributed by atoms with E-state index in [2.05, 4.69) is 58.8 Å². The fourth-order valence-electron chi connectivity index (χ4n) is 1.86. The van der Waals surface area contributed by atoms with E-state index >= 15 is 0 Å². The Morgan fingerprint density at radius 2 is 1.71 bits per heavy atom. The lowest BCUT2D eigenvalue weighted by Gasteiger charge is -2.13. The first-order valence-corrected chi connectivity index (χ1v) is 9.92. The monoisotopic (exact) mass is 429 g/mol. The van der Waals surface area contributed by atoms with Crippen LogP contribution in [0.5, 0.6) is 0 Å². The van der Waals surface area contributed by atoms with E-state index in [0.717, 1.165) is 0 Å². The Kier molecular flexibility index (Phi) is 15.2. The van der Waals surface area contributed by atoms with Crippen LogP contribution in [0.15, 0.2) is 48.9 Å². The molecule has 9 heteroatoms. The quantitative estimate of drug-likeness (QED) is 0.571. The smallest absolute Gasteiger partial charge is 0.271 e. The normalized spacial score (nSPS) is 10.1. The molecule has 1 atom stereocenters. The van der Waals surface area contributed by atoms with Crippen LogP contribution < -0.4 is 16.0 Å². The largest absolute Gasteiger partial charge is 0.348 e. The van der Waals surface area contributed by atoms with Gasteiger partial charge < -0.3 is 20.7 Å². The van der Waals surface area contributed by atoms with Crippen LogP contribution in [0.4, 0.5) is 0 Å². The summed E-state index contributed by atoms with van der Waals surface area (Å²) in [6.45, 7) is 7.37. The second-order valence-electron chi connectivity index (χ2n) is 6.34. The number of rotatable bonds is 7. The first-order chi connectivity index (χ1) is 14.8. The number of carbonyl (C=O) groups is 4. The van der Waals surface area contributed by atoms with Gasteiger partial charge in [-0.15, -0.1) is 0 Å². The molecular weight excluding hydrogens is 398 g/mol. The molecule has 0 radical (unpaired) electrons. The van der Waals surface area contributed by atoms with Crippen molar-refractivity contribution in [2.24, 2.45) is 0 Å². The number of aromatic nitrogens is 2. The number of carbonyl (C=O) groups excluding carboxylic acids is 4. The number of nitrogens with zero attached hydrogens (tertiary/aromatic N) is 2. The average Bonchev–Trinajstić information content (AvgIpc) is 2.78. The molecule has 3 N–H and O–H groups in total. The van der Waals surface area contributed by atoms with Gasteiger partial charge in [0.05, 0.1) is 19.3 Å². The van der Waals surface area contributed by atoms with E-state index in [9.17, 15) is 19.2 Å². The van der Waals surface area contributed by atoms with Crippen LogP contribution in [-0.4, -0.2) is 53.1 Å². The van der Waals surface area contributed by atoms with Crippen molar-refractivity contribution in [3.05, 3.63) is 60.2 Å². The summed E-state index contributed by atoms with van der Waals surface area (Å²) in [5.41, 5.74) is 1.41. The maximum absolute atomic E-state index is 11.6. The number of amides is 3. The molecule has 0 aliphatic heterocycles. The maximum Gasteiger partial charge on any atom is 0.271 e. The van der Waals surface area contributed by atoms with E-state index in [1.54, 1.807) is 0 Å². The van der Waals surface area contributed by atoms with Crippen molar-refractivity contribution in [2.75, 3.05) is 13.1 Å². The Balaban J connectivity index is 0.000000739. The van der Waals surface area contributed by atoms with Crippen molar-refractivity contribution < 1.29 is 19.2 Å². The van der Waals surface area contributed by atoms with Crippen molar-refractivity contribution >= 4 is 24.0 Å². The Bertz CT molecular complexity index is 785. The summed E-state index contributed by atoms with van der Waals surface area (Å²) in [6, 6.07) is 9.45. The zero-order valence-corrected chi connectivity index (χ0v) is 18.4. The predicted octanol–water partition coefficient (Wildman–Crippen LogP) is 1.44. The van der Waals surface area contributed by atoms with Crippen molar-refractivity contribution in [3.8, 4) is 0 Å². The molecule has 0 aliphatic rings. The zero-order chi connectivity index (χ0) is 23.5. The minimum absolute atomic E-state index is 0.0853. The highest BCUT2D eigenvalue weighted by Crippen LogP contribution is 1.92. The summed E-state index contributed by atoms with van der Waals surface area (Å²) in [6.07, 6.45) is 5.83. The van der Waals surface area contributed by atoms with E-state index < -0.39 is 23.8 Å². The van der Waals surface area contributed by atoms with E-state index in [1.165, 1.54) is 37.5 Å². The molecule has 0 fully saturated rings. The molecule has 0 saturated carbocycles. The number of nitrogens with one attached hydrogen (secondary N) is 3.